The highest BCUT2D eigenvalue weighted by Gasteiger charge is 2.33. The largest absolute Gasteiger partial charge is 0.463 e. The van der Waals surface area contributed by atoms with Crippen molar-refractivity contribution in [3.05, 3.63) is 61.1 Å². The first-order valence-corrected chi connectivity index (χ1v) is 11.1. The first-order chi connectivity index (χ1) is 16.8. The number of aromatic amines is 1. The van der Waals surface area contributed by atoms with Crippen LogP contribution in [0.1, 0.15) is 24.4 Å². The lowest BCUT2D eigenvalue weighted by molar-refractivity contribution is 0.360. The van der Waals surface area contributed by atoms with E-state index in [1.165, 1.54) is 0 Å². The molecular weight excluding hydrogens is 428 g/mol. The summed E-state index contributed by atoms with van der Waals surface area (Å²) in [6.45, 7) is 1.48. The molecule has 2 atom stereocenters. The van der Waals surface area contributed by atoms with E-state index in [9.17, 15) is 10.5 Å². The molecule has 0 aromatic carbocycles. The number of pyridine rings is 1. The average molecular weight is 448 g/mol. The predicted molar refractivity (Wildman–Crippen MR) is 126 cm³/mol. The number of hydrogen-bond acceptors (Lipinski definition) is 7. The quantitative estimate of drug-likeness (QED) is 0.422. The molecule has 34 heavy (non-hydrogen) atoms. The van der Waals surface area contributed by atoms with Crippen LogP contribution in [-0.2, 0) is 0 Å². The van der Waals surface area contributed by atoms with Gasteiger partial charge < -0.3 is 18.9 Å². The summed E-state index contributed by atoms with van der Waals surface area (Å²) in [5.74, 6) is 0.880. The molecule has 0 amide bonds. The van der Waals surface area contributed by atoms with E-state index in [1.807, 2.05) is 30.6 Å². The third-order valence-corrected chi connectivity index (χ3v) is 6.68. The topological polar surface area (TPSA) is 123 Å². The number of rotatable bonds is 5. The molecule has 2 unspecified atom stereocenters. The van der Waals surface area contributed by atoms with Crippen molar-refractivity contribution < 1.29 is 4.42 Å². The summed E-state index contributed by atoms with van der Waals surface area (Å²) in [5, 5.41) is 21.1. The second-order valence-electron chi connectivity index (χ2n) is 8.51. The Hall–Kier alpha value is -4.63. The molecule has 0 saturated carbocycles. The van der Waals surface area contributed by atoms with E-state index in [0.717, 1.165) is 40.6 Å². The molecule has 1 aliphatic rings. The van der Waals surface area contributed by atoms with E-state index < -0.39 is 0 Å². The summed E-state index contributed by atoms with van der Waals surface area (Å²) in [7, 11) is 0. The number of anilines is 1. The van der Waals surface area contributed by atoms with Crippen molar-refractivity contribution in [2.45, 2.75) is 18.9 Å². The number of nitriles is 2. The summed E-state index contributed by atoms with van der Waals surface area (Å²) in [6, 6.07) is 10.4. The van der Waals surface area contributed by atoms with Gasteiger partial charge in [-0.1, -0.05) is 0 Å². The molecule has 0 bridgehead atoms. The van der Waals surface area contributed by atoms with Crippen LogP contribution in [0.3, 0.4) is 0 Å². The Bertz CT molecular complexity index is 1580. The maximum absolute atomic E-state index is 9.77. The van der Waals surface area contributed by atoms with E-state index in [4.69, 9.17) is 4.42 Å². The van der Waals surface area contributed by atoms with Gasteiger partial charge in [-0.15, -0.1) is 0 Å². The Morgan fingerprint density at radius 3 is 3.03 bits per heavy atom. The molecule has 1 fully saturated rings. The highest BCUT2D eigenvalue weighted by Crippen LogP contribution is 2.36. The minimum absolute atomic E-state index is 0.00480. The normalized spacial score (nSPS) is 16.6. The summed E-state index contributed by atoms with van der Waals surface area (Å²) >= 11 is 0. The fourth-order valence-corrected chi connectivity index (χ4v) is 5.03. The van der Waals surface area contributed by atoms with Crippen LogP contribution in [-0.4, -0.2) is 37.6 Å². The first-order valence-electron chi connectivity index (χ1n) is 11.1. The van der Waals surface area contributed by atoms with Crippen LogP contribution in [0, 0.1) is 28.6 Å². The zero-order chi connectivity index (χ0) is 23.1. The number of hydrogen-bond donors (Lipinski definition) is 1. The van der Waals surface area contributed by atoms with Gasteiger partial charge in [0.25, 0.3) is 0 Å². The molecule has 1 aliphatic heterocycles. The molecule has 5 aromatic heterocycles. The van der Waals surface area contributed by atoms with Crippen LogP contribution < -0.4 is 4.90 Å². The van der Waals surface area contributed by atoms with Crippen LogP contribution in [0.2, 0.25) is 0 Å². The zero-order valence-corrected chi connectivity index (χ0v) is 18.2. The molecule has 1 saturated heterocycles. The van der Waals surface area contributed by atoms with Crippen molar-refractivity contribution in [3.8, 4) is 23.4 Å². The summed E-state index contributed by atoms with van der Waals surface area (Å²) in [5.41, 5.74) is 3.68. The van der Waals surface area contributed by atoms with Gasteiger partial charge in [-0.2, -0.15) is 10.5 Å². The minimum atomic E-state index is 0.00480. The molecule has 9 heteroatoms. The van der Waals surface area contributed by atoms with Gasteiger partial charge in [0.2, 0.25) is 0 Å². The van der Waals surface area contributed by atoms with Gasteiger partial charge in [0.1, 0.15) is 29.4 Å². The molecule has 9 nitrogen and oxygen atoms in total. The van der Waals surface area contributed by atoms with E-state index in [0.29, 0.717) is 29.9 Å². The standard InChI is InChI=1S/C25H20N8O/c26-6-1-21(32-8-4-18(14-32)22-19-2-7-28-24(19)31-15-30-22)17-3-9-33(13-17)25-20(11-27)23-16(12-29-25)5-10-34-23/h2,4-5,7-8,10,12,14-15,17,21H,1,3,9,13H2,(H,28,30,31). The van der Waals surface area contributed by atoms with Gasteiger partial charge in [0.05, 0.1) is 30.5 Å². The number of nitrogens with zero attached hydrogens (tertiary/aromatic N) is 7. The van der Waals surface area contributed by atoms with Crippen molar-refractivity contribution in [3.63, 3.8) is 0 Å². The second-order valence-corrected chi connectivity index (χ2v) is 8.51. The number of fused-ring (bicyclic) bond motifs is 2. The predicted octanol–water partition coefficient (Wildman–Crippen LogP) is 4.42. The van der Waals surface area contributed by atoms with E-state index in [1.54, 1.807) is 18.8 Å². The molecule has 6 rings (SSSR count). The van der Waals surface area contributed by atoms with Gasteiger partial charge in [-0.05, 0) is 30.5 Å². The molecular formula is C25H20N8O. The molecule has 0 aliphatic carbocycles. The summed E-state index contributed by atoms with van der Waals surface area (Å²) in [6.07, 6.45) is 12.1. The van der Waals surface area contributed by atoms with Crippen molar-refractivity contribution in [1.82, 2.24) is 24.5 Å². The van der Waals surface area contributed by atoms with Gasteiger partial charge in [-0.25, -0.2) is 15.0 Å². The monoisotopic (exact) mass is 448 g/mol. The van der Waals surface area contributed by atoms with E-state index in [2.05, 4.69) is 47.7 Å². The average Bonchev–Trinajstić information content (AvgIpc) is 3.67. The zero-order valence-electron chi connectivity index (χ0n) is 18.2. The smallest absolute Gasteiger partial charge is 0.156 e. The highest BCUT2D eigenvalue weighted by molar-refractivity contribution is 5.90. The Morgan fingerprint density at radius 2 is 2.15 bits per heavy atom. The van der Waals surface area contributed by atoms with Crippen LogP contribution in [0.15, 0.2) is 60.0 Å². The molecule has 166 valence electrons. The maximum Gasteiger partial charge on any atom is 0.156 e. The Balaban J connectivity index is 1.29. The van der Waals surface area contributed by atoms with Crippen LogP contribution >= 0.6 is 0 Å². The fraction of sp³-hybridized carbons (Fsp3) is 0.240. The number of H-pyrrole nitrogens is 1. The third-order valence-electron chi connectivity index (χ3n) is 6.68. The second kappa shape index (κ2) is 8.05. The first kappa shape index (κ1) is 20.0. The molecule has 0 spiro atoms. The van der Waals surface area contributed by atoms with E-state index >= 15 is 0 Å². The van der Waals surface area contributed by atoms with Crippen molar-refractivity contribution in [1.29, 1.82) is 10.5 Å². The fourth-order valence-electron chi connectivity index (χ4n) is 5.03. The van der Waals surface area contributed by atoms with Crippen molar-refractivity contribution in [2.24, 2.45) is 5.92 Å². The van der Waals surface area contributed by atoms with Gasteiger partial charge >= 0.3 is 0 Å². The number of furan rings is 1. The summed E-state index contributed by atoms with van der Waals surface area (Å²) in [4.78, 5) is 18.6. The Labute approximate surface area is 194 Å². The Morgan fingerprint density at radius 1 is 1.21 bits per heavy atom. The molecule has 6 heterocycles. The molecule has 0 radical (unpaired) electrons. The molecule has 1 N–H and O–H groups in total. The number of aromatic nitrogens is 5. The van der Waals surface area contributed by atoms with Crippen LogP contribution in [0.25, 0.3) is 33.3 Å². The highest BCUT2D eigenvalue weighted by atomic mass is 16.3. The van der Waals surface area contributed by atoms with Crippen LogP contribution in [0.4, 0.5) is 5.82 Å². The van der Waals surface area contributed by atoms with E-state index in [-0.39, 0.29) is 12.0 Å². The summed E-state index contributed by atoms with van der Waals surface area (Å²) < 4.78 is 7.67. The lowest BCUT2D eigenvalue weighted by Crippen LogP contribution is -2.25. The van der Waals surface area contributed by atoms with Gasteiger partial charge in [-0.3, -0.25) is 0 Å². The third kappa shape index (κ3) is 3.18. The lowest BCUT2D eigenvalue weighted by Gasteiger charge is -2.24. The number of nitrogens with one attached hydrogen (secondary N) is 1. The van der Waals surface area contributed by atoms with Crippen LogP contribution in [0.5, 0.6) is 0 Å². The van der Waals surface area contributed by atoms with Crippen molar-refractivity contribution in [2.75, 3.05) is 18.0 Å². The SMILES string of the molecule is N#CCC(C1CCN(c2ncc3ccoc3c2C#N)C1)n1ccc(-c2ncnc3[nH]ccc23)c1. The van der Waals surface area contributed by atoms with Gasteiger partial charge in [0.15, 0.2) is 5.58 Å². The van der Waals surface area contributed by atoms with Gasteiger partial charge in [0, 0.05) is 54.2 Å². The lowest BCUT2D eigenvalue weighted by atomic mass is 9.96. The minimum Gasteiger partial charge on any atom is -0.463 e. The van der Waals surface area contributed by atoms with Crippen molar-refractivity contribution >= 4 is 27.8 Å². The Kier molecular flexibility index (Phi) is 4.74. The molecule has 5 aromatic rings. The maximum atomic E-state index is 9.77.